The Morgan fingerprint density at radius 1 is 0.651 bits per heavy atom. The van der Waals surface area contributed by atoms with Crippen molar-refractivity contribution in [3.8, 4) is 0 Å². The monoisotopic (exact) mass is 637 g/mol. The maximum absolute atomic E-state index is 12.2. The van der Waals surface area contributed by atoms with Gasteiger partial charge in [-0.15, -0.1) is 0 Å². The fourth-order valence-electron chi connectivity index (χ4n) is 4.34. The predicted octanol–water partition coefficient (Wildman–Crippen LogP) is 0.592. The van der Waals surface area contributed by atoms with E-state index < -0.39 is 110 Å². The number of rotatable bonds is 11. The summed E-state index contributed by atoms with van der Waals surface area (Å²) in [4.78, 5) is 74.1. The molecular weight excluding hydrogens is 606 g/mol. The zero-order chi connectivity index (χ0) is 32.4. The van der Waals surface area contributed by atoms with Crippen molar-refractivity contribution >= 4 is 47.4 Å². The van der Waals surface area contributed by atoms with E-state index >= 15 is 0 Å². The Labute approximate surface area is 250 Å². The van der Waals surface area contributed by atoms with Gasteiger partial charge in [-0.1, -0.05) is 16.7 Å². The maximum atomic E-state index is 12.2. The van der Waals surface area contributed by atoms with Crippen LogP contribution in [0.15, 0.2) is 5.11 Å². The zero-order valence-electron chi connectivity index (χ0n) is 24.0. The highest BCUT2D eigenvalue weighted by Crippen LogP contribution is 2.36. The predicted molar refractivity (Wildman–Crippen MR) is 136 cm³/mol. The highest BCUT2D eigenvalue weighted by molar-refractivity contribution is 6.20. The Balaban J connectivity index is 2.65. The first kappa shape index (κ1) is 35.5. The van der Waals surface area contributed by atoms with E-state index in [1.165, 1.54) is 0 Å². The summed E-state index contributed by atoms with van der Waals surface area (Å²) in [5.41, 5.74) is 7.79. The van der Waals surface area contributed by atoms with E-state index in [2.05, 4.69) is 10.0 Å². The van der Waals surface area contributed by atoms with E-state index in [9.17, 15) is 34.3 Å². The van der Waals surface area contributed by atoms with Crippen molar-refractivity contribution in [3.05, 3.63) is 10.4 Å². The van der Waals surface area contributed by atoms with Gasteiger partial charge in [0.05, 0.1) is 0 Å². The largest absolute Gasteiger partial charge is 0.463 e. The third-order valence-electron chi connectivity index (χ3n) is 5.78. The molecule has 19 heteroatoms. The van der Waals surface area contributed by atoms with Gasteiger partial charge in [-0.05, 0) is 5.53 Å². The van der Waals surface area contributed by atoms with Crippen molar-refractivity contribution in [1.82, 2.24) is 0 Å². The van der Waals surface area contributed by atoms with E-state index in [1.807, 2.05) is 0 Å². The first-order chi connectivity index (χ1) is 20.1. The molecule has 0 aromatic heterocycles. The van der Waals surface area contributed by atoms with E-state index in [0.29, 0.717) is 0 Å². The second-order valence-corrected chi connectivity index (χ2v) is 9.70. The Morgan fingerprint density at radius 3 is 1.51 bits per heavy atom. The van der Waals surface area contributed by atoms with Gasteiger partial charge >= 0.3 is 35.8 Å². The topological polar surface area (TPSA) is 234 Å². The molecule has 2 rings (SSSR count). The summed E-state index contributed by atoms with van der Waals surface area (Å²) in [6, 6.07) is -1.43. The molecule has 240 valence electrons. The van der Waals surface area contributed by atoms with E-state index in [-0.39, 0.29) is 0 Å². The van der Waals surface area contributed by atoms with Crippen molar-refractivity contribution in [2.24, 2.45) is 5.11 Å². The van der Waals surface area contributed by atoms with Gasteiger partial charge in [-0.25, -0.2) is 0 Å². The molecule has 0 radical (unpaired) electrons. The molecule has 2 aliphatic heterocycles. The average molecular weight is 638 g/mol. The van der Waals surface area contributed by atoms with E-state index in [1.54, 1.807) is 0 Å². The number of azide groups is 1. The lowest BCUT2D eigenvalue weighted by Crippen LogP contribution is -2.66. The molecule has 0 unspecified atom stereocenters. The highest BCUT2D eigenvalue weighted by atomic mass is 35.5. The van der Waals surface area contributed by atoms with Gasteiger partial charge in [-0.2, -0.15) is 0 Å². The summed E-state index contributed by atoms with van der Waals surface area (Å²) < 4.78 is 49.2. The van der Waals surface area contributed by atoms with Gasteiger partial charge in [0.15, 0.2) is 30.7 Å². The van der Waals surface area contributed by atoms with Gasteiger partial charge in [0.2, 0.25) is 0 Å². The Morgan fingerprint density at radius 2 is 1.07 bits per heavy atom. The van der Waals surface area contributed by atoms with Crippen LogP contribution >= 0.6 is 11.6 Å². The number of carbonyl (C=O) groups is 6. The van der Waals surface area contributed by atoms with Crippen LogP contribution in [0.5, 0.6) is 0 Å². The summed E-state index contributed by atoms with van der Waals surface area (Å²) in [7, 11) is 0. The SMILES string of the molecule is CC(=O)OC[C@H]1O[C@@H](O[C@@H]2[C@@H](N=[N+]=[N-])[C@@H](Cl)O[C@H](COC(C)=O)[C@@H]2OC(C)=O)[C@H](OC(C)=O)[C@@H](OC(C)=O)[C@H]1OC(C)=O. The molecule has 0 spiro atoms. The van der Waals surface area contributed by atoms with Crippen LogP contribution in [0.4, 0.5) is 0 Å². The number of ether oxygens (including phenoxy) is 9. The first-order valence-electron chi connectivity index (χ1n) is 12.7. The average Bonchev–Trinajstić information content (AvgIpc) is 2.87. The third-order valence-corrected chi connectivity index (χ3v) is 6.14. The molecule has 18 nitrogen and oxygen atoms in total. The smallest absolute Gasteiger partial charge is 0.303 e. The zero-order valence-corrected chi connectivity index (χ0v) is 24.8. The van der Waals surface area contributed by atoms with Gasteiger partial charge in [0.1, 0.15) is 43.1 Å². The number of carbonyl (C=O) groups excluding carboxylic acids is 6. The number of hydrogen-bond donors (Lipinski definition) is 0. The molecule has 2 heterocycles. The highest BCUT2D eigenvalue weighted by Gasteiger charge is 2.56. The van der Waals surface area contributed by atoms with Crippen LogP contribution in [0, 0.1) is 0 Å². The van der Waals surface area contributed by atoms with Crippen molar-refractivity contribution < 1.29 is 71.4 Å². The van der Waals surface area contributed by atoms with Crippen LogP contribution in [-0.4, -0.2) is 110 Å². The summed E-state index contributed by atoms with van der Waals surface area (Å²) >= 11 is 6.34. The minimum Gasteiger partial charge on any atom is -0.463 e. The third kappa shape index (κ3) is 10.5. The molecular formula is C24H32ClN3O15. The molecule has 43 heavy (non-hydrogen) atoms. The van der Waals surface area contributed by atoms with Crippen molar-refractivity contribution in [2.45, 2.75) is 102 Å². The number of alkyl halides is 1. The minimum absolute atomic E-state index is 0.474. The van der Waals surface area contributed by atoms with Crippen LogP contribution in [0.1, 0.15) is 41.5 Å². The molecule has 0 aromatic carbocycles. The number of nitrogens with zero attached hydrogens (tertiary/aromatic N) is 3. The molecule has 0 aromatic rings. The fraction of sp³-hybridized carbons (Fsp3) is 0.750. The quantitative estimate of drug-likeness (QED) is 0.0752. The summed E-state index contributed by atoms with van der Waals surface area (Å²) in [5, 5.41) is 3.60. The molecule has 0 saturated carbocycles. The van der Waals surface area contributed by atoms with E-state index in [0.717, 1.165) is 41.5 Å². The van der Waals surface area contributed by atoms with Crippen LogP contribution in [-0.2, 0) is 71.4 Å². The fourth-order valence-corrected chi connectivity index (χ4v) is 4.66. The number of hydrogen-bond acceptors (Lipinski definition) is 16. The molecule has 0 bridgehead atoms. The molecule has 2 fully saturated rings. The Hall–Kier alpha value is -3.70. The second kappa shape index (κ2) is 16.2. The first-order valence-corrected chi connectivity index (χ1v) is 13.2. The Kier molecular flexibility index (Phi) is 13.4. The van der Waals surface area contributed by atoms with Crippen LogP contribution in [0.3, 0.4) is 0 Å². The number of halogens is 1. The molecule has 0 N–H and O–H groups in total. The molecule has 2 aliphatic rings. The summed E-state index contributed by atoms with van der Waals surface area (Å²) in [6.45, 7) is 5.37. The van der Waals surface area contributed by atoms with Crippen molar-refractivity contribution in [3.63, 3.8) is 0 Å². The summed E-state index contributed by atoms with van der Waals surface area (Å²) in [5.74, 6) is -4.92. The number of esters is 6. The lowest BCUT2D eigenvalue weighted by Gasteiger charge is -2.48. The van der Waals surface area contributed by atoms with Gasteiger partial charge < -0.3 is 42.6 Å². The Bertz CT molecular complexity index is 1120. The van der Waals surface area contributed by atoms with E-state index in [4.69, 9.17) is 54.2 Å². The van der Waals surface area contributed by atoms with Crippen LogP contribution < -0.4 is 0 Å². The normalized spacial score (nSPS) is 31.8. The van der Waals surface area contributed by atoms with Gasteiger partial charge in [0, 0.05) is 46.5 Å². The molecule has 2 saturated heterocycles. The van der Waals surface area contributed by atoms with Gasteiger partial charge in [-0.3, -0.25) is 28.8 Å². The van der Waals surface area contributed by atoms with Crippen molar-refractivity contribution in [1.29, 1.82) is 0 Å². The summed E-state index contributed by atoms with van der Waals surface area (Å²) in [6.07, 6.45) is -12.1. The molecule has 0 amide bonds. The lowest BCUT2D eigenvalue weighted by atomic mass is 9.96. The lowest BCUT2D eigenvalue weighted by molar-refractivity contribution is -0.332. The minimum atomic E-state index is -1.75. The second-order valence-electron chi connectivity index (χ2n) is 9.27. The molecule has 0 aliphatic carbocycles. The van der Waals surface area contributed by atoms with Crippen LogP contribution in [0.2, 0.25) is 0 Å². The van der Waals surface area contributed by atoms with Crippen molar-refractivity contribution in [2.75, 3.05) is 13.2 Å². The van der Waals surface area contributed by atoms with Crippen LogP contribution in [0.25, 0.3) is 10.4 Å². The molecule has 10 atom stereocenters. The standard InChI is InChI=1S/C24H32ClN3O15/c1-9(29)35-7-15-18(37-11(3)31)20(17(27-28-26)23(25)41-15)43-24-22(40-14(6)34)21(39-13(5)33)19(38-12(4)32)16(42-24)8-36-10(2)30/h15-24H,7-8H2,1-6H3/t15-,16-,17-,18+,19+,20-,21+,22-,23+,24+/m1/s1. The van der Waals surface area contributed by atoms with Gasteiger partial charge in [0.25, 0.3) is 0 Å². The maximum Gasteiger partial charge on any atom is 0.303 e.